The van der Waals surface area contributed by atoms with Crippen molar-refractivity contribution >= 4 is 60.2 Å². The molecule has 0 atom stereocenters. The summed E-state index contributed by atoms with van der Waals surface area (Å²) in [6.07, 6.45) is 4.83. The summed E-state index contributed by atoms with van der Waals surface area (Å²) in [6, 6.07) is 39.1. The molecule has 0 amide bonds. The van der Waals surface area contributed by atoms with Gasteiger partial charge >= 0.3 is 0 Å². The molecule has 9 aromatic rings. The summed E-state index contributed by atoms with van der Waals surface area (Å²) in [5, 5.41) is 6.16. The van der Waals surface area contributed by atoms with Gasteiger partial charge in [-0.15, -0.1) is 0 Å². The fourth-order valence-electron chi connectivity index (χ4n) is 7.42. The molecule has 41 heavy (non-hydrogen) atoms. The quantitative estimate of drug-likeness (QED) is 0.202. The van der Waals surface area contributed by atoms with Crippen molar-refractivity contribution in [1.82, 2.24) is 18.9 Å². The van der Waals surface area contributed by atoms with Crippen LogP contribution in [0.1, 0.15) is 11.1 Å². The number of fused-ring (bicyclic) bond motifs is 17. The molecular formula is C37H22N4. The summed E-state index contributed by atoms with van der Waals surface area (Å²) >= 11 is 0. The minimum atomic E-state index is 0.882. The summed E-state index contributed by atoms with van der Waals surface area (Å²) in [6.45, 7) is 0. The summed E-state index contributed by atoms with van der Waals surface area (Å²) in [5.41, 5.74) is 13.2. The predicted octanol–water partition coefficient (Wildman–Crippen LogP) is 8.86. The lowest BCUT2D eigenvalue weighted by Gasteiger charge is -2.17. The second-order valence-electron chi connectivity index (χ2n) is 11.0. The van der Waals surface area contributed by atoms with Crippen molar-refractivity contribution in [2.75, 3.05) is 0 Å². The number of rotatable bonds is 1. The van der Waals surface area contributed by atoms with Crippen LogP contribution in [0.2, 0.25) is 0 Å². The number of para-hydroxylation sites is 4. The van der Waals surface area contributed by atoms with Crippen molar-refractivity contribution < 1.29 is 0 Å². The molecule has 0 fully saturated rings. The number of pyridine rings is 2. The lowest BCUT2D eigenvalue weighted by molar-refractivity contribution is 1.18. The predicted molar refractivity (Wildman–Crippen MR) is 168 cm³/mol. The van der Waals surface area contributed by atoms with Crippen molar-refractivity contribution in [3.05, 3.63) is 133 Å². The molecule has 4 heteroatoms. The average molecular weight is 523 g/mol. The van der Waals surface area contributed by atoms with E-state index in [1.807, 2.05) is 12.4 Å². The number of nitrogens with zero attached hydrogens (tertiary/aromatic N) is 4. The fourth-order valence-corrected chi connectivity index (χ4v) is 7.42. The highest BCUT2D eigenvalue weighted by molar-refractivity contribution is 6.33. The maximum absolute atomic E-state index is 5.33. The van der Waals surface area contributed by atoms with Crippen LogP contribution in [0.3, 0.4) is 0 Å². The molecule has 0 radical (unpaired) electrons. The smallest absolute Gasteiger partial charge is 0.146 e. The molecule has 1 aliphatic rings. The molecular weight excluding hydrogens is 500 g/mol. The third kappa shape index (κ3) is 2.60. The molecule has 0 spiro atoms. The first-order chi connectivity index (χ1) is 20.4. The van der Waals surface area contributed by atoms with Crippen LogP contribution in [-0.4, -0.2) is 18.9 Å². The summed E-state index contributed by atoms with van der Waals surface area (Å²) < 4.78 is 4.80. The Hall–Kier alpha value is -5.48. The van der Waals surface area contributed by atoms with Gasteiger partial charge in [-0.25, -0.2) is 4.98 Å². The van der Waals surface area contributed by atoms with Crippen LogP contribution >= 0.6 is 0 Å². The van der Waals surface area contributed by atoms with Crippen molar-refractivity contribution in [3.8, 4) is 16.8 Å². The second-order valence-corrected chi connectivity index (χ2v) is 11.0. The fraction of sp³-hybridized carbons (Fsp3) is 0.0270. The van der Waals surface area contributed by atoms with Gasteiger partial charge in [-0.1, -0.05) is 72.8 Å². The molecule has 0 aliphatic heterocycles. The first-order valence-corrected chi connectivity index (χ1v) is 14.1. The average Bonchev–Trinajstić information content (AvgIpc) is 3.71. The lowest BCUT2D eigenvalue weighted by atomic mass is 9.92. The maximum atomic E-state index is 5.33. The highest BCUT2D eigenvalue weighted by Gasteiger charge is 2.31. The van der Waals surface area contributed by atoms with Crippen LogP contribution in [0.15, 0.2) is 122 Å². The van der Waals surface area contributed by atoms with E-state index < -0.39 is 0 Å². The minimum absolute atomic E-state index is 0.882. The largest absolute Gasteiger partial charge is 0.309 e. The first-order valence-electron chi connectivity index (χ1n) is 14.1. The monoisotopic (exact) mass is 522 g/mol. The number of benzene rings is 5. The second kappa shape index (κ2) is 7.58. The number of hydrogen-bond acceptors (Lipinski definition) is 2. The van der Waals surface area contributed by atoms with Gasteiger partial charge in [0.15, 0.2) is 0 Å². The Labute approximate surface area is 234 Å². The minimum Gasteiger partial charge on any atom is -0.309 e. The molecule has 0 N–H and O–H groups in total. The van der Waals surface area contributed by atoms with Gasteiger partial charge < -0.3 is 4.57 Å². The van der Waals surface area contributed by atoms with E-state index in [1.54, 1.807) is 0 Å². The van der Waals surface area contributed by atoms with Gasteiger partial charge in [-0.3, -0.25) is 9.38 Å². The molecule has 0 bridgehead atoms. The molecule has 5 aromatic carbocycles. The van der Waals surface area contributed by atoms with Crippen LogP contribution in [0.4, 0.5) is 0 Å². The number of aromatic nitrogens is 4. The Morgan fingerprint density at radius 1 is 0.610 bits per heavy atom. The zero-order valence-electron chi connectivity index (χ0n) is 22.0. The van der Waals surface area contributed by atoms with Crippen LogP contribution in [-0.2, 0) is 6.42 Å². The normalized spacial score (nSPS) is 12.8. The Balaban J connectivity index is 1.61. The lowest BCUT2D eigenvalue weighted by Crippen LogP contribution is -1.99. The third-order valence-electron chi connectivity index (χ3n) is 8.98. The third-order valence-corrected chi connectivity index (χ3v) is 8.98. The van der Waals surface area contributed by atoms with E-state index >= 15 is 0 Å². The Kier molecular flexibility index (Phi) is 3.95. The van der Waals surface area contributed by atoms with E-state index in [4.69, 9.17) is 4.98 Å². The van der Waals surface area contributed by atoms with Crippen molar-refractivity contribution in [2.45, 2.75) is 6.42 Å². The standard InChI is InChI=1S/C37H22N4/c1-2-11-23(12-3-1)40-29-16-8-6-14-25(29)33-32-24-13-5-4-10-22(24)20-26(32)35-34(36(33)40)27-21-38-19-18-30(27)41-31-17-9-7-15-28(31)39-37(35)41/h1-19,21H,20H2. The van der Waals surface area contributed by atoms with E-state index in [2.05, 4.69) is 123 Å². The van der Waals surface area contributed by atoms with Gasteiger partial charge in [0.25, 0.3) is 0 Å². The van der Waals surface area contributed by atoms with E-state index in [0.717, 1.165) is 39.7 Å². The Morgan fingerprint density at radius 2 is 1.39 bits per heavy atom. The van der Waals surface area contributed by atoms with Gasteiger partial charge in [0, 0.05) is 45.0 Å². The van der Waals surface area contributed by atoms with Crippen LogP contribution in [0, 0.1) is 0 Å². The summed E-state index contributed by atoms with van der Waals surface area (Å²) in [4.78, 5) is 10.0. The molecule has 0 saturated carbocycles. The Morgan fingerprint density at radius 3 is 2.32 bits per heavy atom. The van der Waals surface area contributed by atoms with E-state index in [-0.39, 0.29) is 0 Å². The number of hydrogen-bond donors (Lipinski definition) is 0. The number of imidazole rings is 1. The molecule has 10 rings (SSSR count). The molecule has 0 unspecified atom stereocenters. The molecule has 4 aromatic heterocycles. The molecule has 0 saturated heterocycles. The van der Waals surface area contributed by atoms with Crippen LogP contribution in [0.5, 0.6) is 0 Å². The molecule has 4 heterocycles. The zero-order chi connectivity index (χ0) is 26.7. The van der Waals surface area contributed by atoms with Crippen molar-refractivity contribution in [1.29, 1.82) is 0 Å². The molecule has 190 valence electrons. The van der Waals surface area contributed by atoms with E-state index in [9.17, 15) is 0 Å². The molecule has 4 nitrogen and oxygen atoms in total. The van der Waals surface area contributed by atoms with Crippen molar-refractivity contribution in [3.63, 3.8) is 0 Å². The highest BCUT2D eigenvalue weighted by Crippen LogP contribution is 2.52. The van der Waals surface area contributed by atoms with Gasteiger partial charge in [-0.05, 0) is 65.1 Å². The van der Waals surface area contributed by atoms with Gasteiger partial charge in [-0.2, -0.15) is 0 Å². The SMILES string of the molecule is c1ccc(-n2c3ccccc3c3c4c(c5c(c6cnccc6n6c7ccccc7nc56)c32)Cc2ccccc2-4)cc1. The van der Waals surface area contributed by atoms with Gasteiger partial charge in [0.05, 0.1) is 27.6 Å². The van der Waals surface area contributed by atoms with Crippen molar-refractivity contribution in [2.24, 2.45) is 0 Å². The Bertz CT molecular complexity index is 2550. The molecule has 1 aliphatic carbocycles. The maximum Gasteiger partial charge on any atom is 0.146 e. The zero-order valence-corrected chi connectivity index (χ0v) is 22.0. The summed E-state index contributed by atoms with van der Waals surface area (Å²) in [7, 11) is 0. The van der Waals surface area contributed by atoms with Gasteiger partial charge in [0.2, 0.25) is 0 Å². The summed E-state index contributed by atoms with van der Waals surface area (Å²) in [5.74, 6) is 0. The van der Waals surface area contributed by atoms with Crippen LogP contribution < -0.4 is 0 Å². The van der Waals surface area contributed by atoms with Gasteiger partial charge in [0.1, 0.15) is 5.65 Å². The van der Waals surface area contributed by atoms with Crippen LogP contribution in [0.25, 0.3) is 77.0 Å². The van der Waals surface area contributed by atoms with E-state index in [0.29, 0.717) is 0 Å². The topological polar surface area (TPSA) is 35.1 Å². The highest BCUT2D eigenvalue weighted by atomic mass is 15.0. The van der Waals surface area contributed by atoms with E-state index in [1.165, 1.54) is 54.8 Å². The first kappa shape index (κ1) is 21.4.